The third-order valence-corrected chi connectivity index (χ3v) is 5.64. The zero-order chi connectivity index (χ0) is 19.7. The molecule has 0 atom stereocenters. The van der Waals surface area contributed by atoms with Crippen LogP contribution in [0.25, 0.3) is 0 Å². The fourth-order valence-corrected chi connectivity index (χ4v) is 4.12. The molecule has 10 heteroatoms. The summed E-state index contributed by atoms with van der Waals surface area (Å²) < 4.78 is 72.5. The molecule has 0 spiro atoms. The van der Waals surface area contributed by atoms with E-state index in [1.165, 1.54) is 4.68 Å². The molecule has 1 aromatic heterocycles. The number of nitrogens with one attached hydrogen (secondary N) is 1. The molecule has 6 nitrogen and oxygen atoms in total. The summed E-state index contributed by atoms with van der Waals surface area (Å²) in [7, 11) is -3.60. The van der Waals surface area contributed by atoms with Gasteiger partial charge in [-0.3, -0.25) is 4.68 Å². The van der Waals surface area contributed by atoms with Gasteiger partial charge in [0.1, 0.15) is 0 Å². The number of rotatable bonds is 6. The lowest BCUT2D eigenvalue weighted by molar-refractivity contribution is -0.142. The van der Waals surface area contributed by atoms with Crippen LogP contribution in [0.1, 0.15) is 28.1 Å². The molecule has 1 N–H and O–H groups in total. The number of ether oxygens (including phenoxy) is 1. The number of nitrogens with zero attached hydrogens (tertiary/aromatic N) is 2. The highest BCUT2D eigenvalue weighted by atomic mass is 32.2. The summed E-state index contributed by atoms with van der Waals surface area (Å²) in [6.07, 6.45) is -4.25. The highest BCUT2D eigenvalue weighted by molar-refractivity contribution is 7.88. The fourth-order valence-electron chi connectivity index (χ4n) is 2.98. The van der Waals surface area contributed by atoms with Crippen LogP contribution < -0.4 is 4.72 Å². The molecular formula is C17H20F3N3O3S. The van der Waals surface area contributed by atoms with Crippen LogP contribution in [0.2, 0.25) is 0 Å². The average Bonchev–Trinajstić information content (AvgIpc) is 2.96. The molecule has 1 aromatic carbocycles. The molecule has 3 rings (SSSR count). The Bertz CT molecular complexity index is 906. The van der Waals surface area contributed by atoms with E-state index in [-0.39, 0.29) is 31.0 Å². The van der Waals surface area contributed by atoms with Crippen molar-refractivity contribution in [2.24, 2.45) is 0 Å². The maximum atomic E-state index is 13.1. The van der Waals surface area contributed by atoms with Crippen LogP contribution in [0.5, 0.6) is 0 Å². The van der Waals surface area contributed by atoms with E-state index in [0.29, 0.717) is 24.3 Å². The van der Waals surface area contributed by atoms with Gasteiger partial charge in [0.15, 0.2) is 5.69 Å². The van der Waals surface area contributed by atoms with Crippen molar-refractivity contribution >= 4 is 10.0 Å². The molecule has 0 fully saturated rings. The lowest BCUT2D eigenvalue weighted by Gasteiger charge is -2.15. The summed E-state index contributed by atoms with van der Waals surface area (Å²) in [5.74, 6) is -0.188. The smallest absolute Gasteiger partial charge is 0.376 e. The van der Waals surface area contributed by atoms with Crippen LogP contribution in [0.15, 0.2) is 24.3 Å². The Balaban J connectivity index is 1.66. The molecule has 148 valence electrons. The van der Waals surface area contributed by atoms with Crippen LogP contribution in [0.3, 0.4) is 0 Å². The number of halogens is 3. The minimum absolute atomic E-state index is 0.0194. The third kappa shape index (κ3) is 4.88. The van der Waals surface area contributed by atoms with Crippen molar-refractivity contribution in [1.29, 1.82) is 0 Å². The molecule has 1 aliphatic heterocycles. The van der Waals surface area contributed by atoms with Crippen molar-refractivity contribution in [2.45, 2.75) is 38.4 Å². The summed E-state index contributed by atoms with van der Waals surface area (Å²) in [6.45, 7) is 2.06. The second-order valence-electron chi connectivity index (χ2n) is 6.44. The quantitative estimate of drug-likeness (QED) is 0.804. The highest BCUT2D eigenvalue weighted by Gasteiger charge is 2.39. The van der Waals surface area contributed by atoms with E-state index in [1.54, 1.807) is 12.1 Å². The first-order chi connectivity index (χ1) is 12.7. The van der Waals surface area contributed by atoms with Gasteiger partial charge in [0.05, 0.1) is 25.5 Å². The number of aromatic nitrogens is 2. The normalized spacial score (nSPS) is 15.0. The van der Waals surface area contributed by atoms with Crippen LogP contribution >= 0.6 is 0 Å². The molecule has 1 aliphatic rings. The van der Waals surface area contributed by atoms with Gasteiger partial charge < -0.3 is 4.74 Å². The molecule has 2 heterocycles. The van der Waals surface area contributed by atoms with Gasteiger partial charge in [-0.25, -0.2) is 13.1 Å². The minimum Gasteiger partial charge on any atom is -0.376 e. The van der Waals surface area contributed by atoms with Gasteiger partial charge in [0.2, 0.25) is 10.0 Å². The summed E-state index contributed by atoms with van der Waals surface area (Å²) in [5, 5.41) is 3.65. The fraction of sp³-hybridized carbons (Fsp3) is 0.471. The van der Waals surface area contributed by atoms with Crippen molar-refractivity contribution in [3.05, 3.63) is 52.3 Å². The maximum Gasteiger partial charge on any atom is 0.435 e. The topological polar surface area (TPSA) is 73.2 Å². The first-order valence-corrected chi connectivity index (χ1v) is 10.1. The van der Waals surface area contributed by atoms with Crippen molar-refractivity contribution in [1.82, 2.24) is 14.5 Å². The molecule has 0 saturated carbocycles. The average molecular weight is 403 g/mol. The Kier molecular flexibility index (Phi) is 5.59. The highest BCUT2D eigenvalue weighted by Crippen LogP contribution is 2.34. The Morgan fingerprint density at radius 3 is 2.63 bits per heavy atom. The Hall–Kier alpha value is -1.91. The lowest BCUT2D eigenvalue weighted by atomic mass is 10.1. The van der Waals surface area contributed by atoms with E-state index >= 15 is 0 Å². The van der Waals surface area contributed by atoms with Gasteiger partial charge in [-0.15, -0.1) is 0 Å². The Morgan fingerprint density at radius 2 is 1.96 bits per heavy atom. The van der Waals surface area contributed by atoms with Gasteiger partial charge in [-0.2, -0.15) is 18.3 Å². The SMILES string of the molecule is Cc1ccc(CS(=O)(=O)NCCn2nc(C(F)(F)F)c3c2CCOC3)cc1. The number of alkyl halides is 3. The van der Waals surface area contributed by atoms with Gasteiger partial charge in [-0.05, 0) is 12.5 Å². The standard InChI is InChI=1S/C17H20F3N3O3S/c1-12-2-4-13(5-3-12)11-27(24,25)21-7-8-23-15-6-9-26-10-14(15)16(22-23)17(18,19)20/h2-5,21H,6-11H2,1H3. The lowest BCUT2D eigenvalue weighted by Crippen LogP contribution is -2.29. The van der Waals surface area contributed by atoms with E-state index in [9.17, 15) is 21.6 Å². The van der Waals surface area contributed by atoms with Crippen LogP contribution in [-0.2, 0) is 46.3 Å². The van der Waals surface area contributed by atoms with E-state index in [1.807, 2.05) is 19.1 Å². The van der Waals surface area contributed by atoms with Crippen molar-refractivity contribution < 1.29 is 26.3 Å². The number of sulfonamides is 1. The van der Waals surface area contributed by atoms with Crippen molar-refractivity contribution in [3.63, 3.8) is 0 Å². The van der Waals surface area contributed by atoms with Crippen molar-refractivity contribution in [2.75, 3.05) is 13.2 Å². The number of hydrogen-bond acceptors (Lipinski definition) is 4. The molecule has 0 aliphatic carbocycles. The number of hydrogen-bond donors (Lipinski definition) is 1. The number of fused-ring (bicyclic) bond motifs is 1. The Labute approximate surface area is 155 Å². The molecular weight excluding hydrogens is 383 g/mol. The zero-order valence-electron chi connectivity index (χ0n) is 14.7. The second-order valence-corrected chi connectivity index (χ2v) is 8.24. The number of aryl methyl sites for hydroxylation is 1. The van der Waals surface area contributed by atoms with E-state index < -0.39 is 21.9 Å². The first kappa shape index (κ1) is 19.8. The molecule has 27 heavy (non-hydrogen) atoms. The second kappa shape index (κ2) is 7.61. The predicted molar refractivity (Wildman–Crippen MR) is 92.4 cm³/mol. The maximum absolute atomic E-state index is 13.1. The van der Waals surface area contributed by atoms with E-state index in [4.69, 9.17) is 4.74 Å². The molecule has 0 unspecified atom stereocenters. The zero-order valence-corrected chi connectivity index (χ0v) is 15.5. The van der Waals surface area contributed by atoms with Crippen LogP contribution in [-0.4, -0.2) is 31.3 Å². The van der Waals surface area contributed by atoms with Crippen LogP contribution in [0.4, 0.5) is 13.2 Å². The van der Waals surface area contributed by atoms with E-state index in [0.717, 1.165) is 5.56 Å². The molecule has 0 bridgehead atoms. The van der Waals surface area contributed by atoms with Gasteiger partial charge in [0.25, 0.3) is 0 Å². The molecule has 0 radical (unpaired) electrons. The molecule has 0 saturated heterocycles. The van der Waals surface area contributed by atoms with Crippen LogP contribution in [0, 0.1) is 6.92 Å². The third-order valence-electron chi connectivity index (χ3n) is 4.29. The number of benzene rings is 1. The Morgan fingerprint density at radius 1 is 1.26 bits per heavy atom. The monoisotopic (exact) mass is 403 g/mol. The molecule has 0 amide bonds. The summed E-state index contributed by atoms with van der Waals surface area (Å²) in [4.78, 5) is 0. The van der Waals surface area contributed by atoms with Gasteiger partial charge in [0, 0.05) is 24.2 Å². The van der Waals surface area contributed by atoms with Crippen molar-refractivity contribution in [3.8, 4) is 0 Å². The first-order valence-electron chi connectivity index (χ1n) is 8.42. The predicted octanol–water partition coefficient (Wildman–Crippen LogP) is 2.40. The van der Waals surface area contributed by atoms with Gasteiger partial charge in [-0.1, -0.05) is 29.8 Å². The largest absolute Gasteiger partial charge is 0.435 e. The van der Waals surface area contributed by atoms with E-state index in [2.05, 4.69) is 9.82 Å². The minimum atomic E-state index is -4.57. The summed E-state index contributed by atoms with van der Waals surface area (Å²) >= 11 is 0. The summed E-state index contributed by atoms with van der Waals surface area (Å²) in [6, 6.07) is 7.10. The van der Waals surface area contributed by atoms with Gasteiger partial charge >= 0.3 is 6.18 Å². The summed E-state index contributed by atoms with van der Waals surface area (Å²) in [5.41, 5.74) is 1.19. The molecule has 2 aromatic rings.